The van der Waals surface area contributed by atoms with Gasteiger partial charge in [0.2, 0.25) is 5.69 Å². The molecule has 0 aliphatic carbocycles. The second-order valence-corrected chi connectivity index (χ2v) is 9.48. The summed E-state index contributed by atoms with van der Waals surface area (Å²) in [5, 5.41) is 7.50. The van der Waals surface area contributed by atoms with Crippen molar-refractivity contribution in [2.24, 2.45) is 0 Å². The van der Waals surface area contributed by atoms with E-state index in [1.165, 1.54) is 49.0 Å². The van der Waals surface area contributed by atoms with Gasteiger partial charge in [-0.1, -0.05) is 103 Å². The third-order valence-corrected chi connectivity index (χ3v) is 7.39. The number of rotatable bonds is 3. The van der Waals surface area contributed by atoms with E-state index in [2.05, 4.69) is 125 Å². The number of benzene rings is 6. The molecule has 176 valence electrons. The highest BCUT2D eigenvalue weighted by molar-refractivity contribution is 6.23. The first-order chi connectivity index (χ1) is 18.8. The first-order valence-corrected chi connectivity index (χ1v) is 12.7. The zero-order valence-electron chi connectivity index (χ0n) is 20.6. The minimum Gasteiger partial charge on any atom is -0.276 e. The molecule has 1 aromatic heterocycles. The molecule has 0 aliphatic heterocycles. The standard InChI is InChI=1S/C36H22N2/c1-37-36-23-38-20-19-27(36)25-15-17-26(18-16-25)33-22-35-30-13-7-5-11-28(30)32(24-9-3-2-4-10-24)21-34(35)31-14-8-6-12-29(31)33/h2-23H. The fraction of sp³-hybridized carbons (Fsp3) is 0. The molecule has 0 fully saturated rings. The van der Waals surface area contributed by atoms with Crippen LogP contribution in [0.15, 0.2) is 134 Å². The van der Waals surface area contributed by atoms with Crippen LogP contribution >= 0.6 is 0 Å². The van der Waals surface area contributed by atoms with Gasteiger partial charge in [0.1, 0.15) is 0 Å². The van der Waals surface area contributed by atoms with Crippen molar-refractivity contribution in [3.05, 3.63) is 145 Å². The molecule has 0 amide bonds. The molecular weight excluding hydrogens is 460 g/mol. The van der Waals surface area contributed by atoms with E-state index in [1.54, 1.807) is 12.4 Å². The van der Waals surface area contributed by atoms with Crippen molar-refractivity contribution in [1.29, 1.82) is 0 Å². The minimum absolute atomic E-state index is 0.567. The van der Waals surface area contributed by atoms with Crippen LogP contribution in [0.2, 0.25) is 0 Å². The monoisotopic (exact) mass is 482 g/mol. The SMILES string of the molecule is [C-]#[N+]c1cnccc1-c1ccc(-c2cc3c4ccccc4c(-c4ccccc4)cc3c3ccccc23)cc1. The van der Waals surface area contributed by atoms with E-state index in [9.17, 15) is 0 Å². The van der Waals surface area contributed by atoms with Crippen molar-refractivity contribution in [1.82, 2.24) is 4.98 Å². The van der Waals surface area contributed by atoms with E-state index in [0.29, 0.717) is 5.69 Å². The van der Waals surface area contributed by atoms with Gasteiger partial charge in [0, 0.05) is 12.4 Å². The van der Waals surface area contributed by atoms with Gasteiger partial charge in [-0.05, 0) is 83.9 Å². The summed E-state index contributed by atoms with van der Waals surface area (Å²) in [5.74, 6) is 0. The van der Waals surface area contributed by atoms with Crippen molar-refractivity contribution in [3.63, 3.8) is 0 Å². The summed E-state index contributed by atoms with van der Waals surface area (Å²) in [6, 6.07) is 43.2. The molecule has 38 heavy (non-hydrogen) atoms. The van der Waals surface area contributed by atoms with E-state index < -0.39 is 0 Å². The first-order valence-electron chi connectivity index (χ1n) is 12.7. The molecule has 6 aromatic carbocycles. The van der Waals surface area contributed by atoms with Crippen LogP contribution < -0.4 is 0 Å². The van der Waals surface area contributed by atoms with Crippen LogP contribution in [0, 0.1) is 6.57 Å². The molecule has 0 aliphatic rings. The second kappa shape index (κ2) is 9.00. The molecule has 2 heteroatoms. The average molecular weight is 483 g/mol. The Morgan fingerprint density at radius 2 is 0.921 bits per heavy atom. The number of hydrogen-bond acceptors (Lipinski definition) is 1. The fourth-order valence-corrected chi connectivity index (χ4v) is 5.60. The van der Waals surface area contributed by atoms with Crippen LogP contribution in [-0.2, 0) is 0 Å². The topological polar surface area (TPSA) is 17.2 Å². The van der Waals surface area contributed by atoms with Gasteiger partial charge >= 0.3 is 0 Å². The van der Waals surface area contributed by atoms with Gasteiger partial charge in [-0.2, -0.15) is 0 Å². The molecule has 0 spiro atoms. The summed E-state index contributed by atoms with van der Waals surface area (Å²) in [4.78, 5) is 7.75. The number of pyridine rings is 1. The molecule has 2 nitrogen and oxygen atoms in total. The number of nitrogens with zero attached hydrogens (tertiary/aromatic N) is 2. The molecule has 0 radical (unpaired) electrons. The quantitative estimate of drug-likeness (QED) is 0.181. The first kappa shape index (κ1) is 22.0. The maximum atomic E-state index is 7.50. The Morgan fingerprint density at radius 3 is 1.47 bits per heavy atom. The summed E-state index contributed by atoms with van der Waals surface area (Å²) in [6.45, 7) is 7.50. The zero-order chi connectivity index (χ0) is 25.5. The highest BCUT2D eigenvalue weighted by Crippen LogP contribution is 2.42. The van der Waals surface area contributed by atoms with Crippen molar-refractivity contribution >= 4 is 38.0 Å². The highest BCUT2D eigenvalue weighted by atomic mass is 14.7. The summed E-state index contributed by atoms with van der Waals surface area (Å²) in [6.07, 6.45) is 3.37. The third-order valence-electron chi connectivity index (χ3n) is 7.39. The lowest BCUT2D eigenvalue weighted by Gasteiger charge is -2.16. The van der Waals surface area contributed by atoms with Gasteiger partial charge in [0.05, 0.1) is 6.57 Å². The molecule has 1 heterocycles. The fourth-order valence-electron chi connectivity index (χ4n) is 5.60. The average Bonchev–Trinajstić information content (AvgIpc) is 3.00. The Bertz CT molecular complexity index is 2010. The van der Waals surface area contributed by atoms with Gasteiger partial charge < -0.3 is 0 Å². The van der Waals surface area contributed by atoms with Gasteiger partial charge in [0.15, 0.2) is 0 Å². The minimum atomic E-state index is 0.567. The smallest absolute Gasteiger partial charge is 0.212 e. The Morgan fingerprint density at radius 1 is 0.447 bits per heavy atom. The highest BCUT2D eigenvalue weighted by Gasteiger charge is 2.14. The molecule has 0 saturated heterocycles. The molecular formula is C36H22N2. The molecule has 0 bridgehead atoms. The summed E-state index contributed by atoms with van der Waals surface area (Å²) in [5.41, 5.74) is 7.33. The van der Waals surface area contributed by atoms with Gasteiger partial charge in [-0.3, -0.25) is 4.98 Å². The van der Waals surface area contributed by atoms with E-state index >= 15 is 0 Å². The van der Waals surface area contributed by atoms with Crippen LogP contribution in [-0.4, -0.2) is 4.98 Å². The van der Waals surface area contributed by atoms with Crippen molar-refractivity contribution in [2.75, 3.05) is 0 Å². The zero-order valence-corrected chi connectivity index (χ0v) is 20.6. The van der Waals surface area contributed by atoms with E-state index in [0.717, 1.165) is 16.7 Å². The maximum absolute atomic E-state index is 7.50. The van der Waals surface area contributed by atoms with Gasteiger partial charge in [-0.25, -0.2) is 4.85 Å². The Balaban J connectivity index is 1.49. The van der Waals surface area contributed by atoms with Crippen molar-refractivity contribution in [3.8, 4) is 33.4 Å². The van der Waals surface area contributed by atoms with Gasteiger partial charge in [-0.15, -0.1) is 0 Å². The predicted octanol–water partition coefficient (Wildman–Crippen LogP) is 10.1. The lowest BCUT2D eigenvalue weighted by molar-refractivity contribution is 1.34. The second-order valence-electron chi connectivity index (χ2n) is 9.48. The van der Waals surface area contributed by atoms with E-state index in [4.69, 9.17) is 6.57 Å². The number of hydrogen-bond donors (Lipinski definition) is 0. The summed E-state index contributed by atoms with van der Waals surface area (Å²) < 4.78 is 0. The van der Waals surface area contributed by atoms with Crippen molar-refractivity contribution < 1.29 is 0 Å². The normalized spacial score (nSPS) is 11.1. The molecule has 7 rings (SSSR count). The summed E-state index contributed by atoms with van der Waals surface area (Å²) in [7, 11) is 0. The van der Waals surface area contributed by atoms with Crippen LogP contribution in [0.5, 0.6) is 0 Å². The molecule has 0 atom stereocenters. The van der Waals surface area contributed by atoms with E-state index in [1.807, 2.05) is 6.07 Å². The molecule has 0 unspecified atom stereocenters. The Hall–Kier alpha value is -5.26. The predicted molar refractivity (Wildman–Crippen MR) is 159 cm³/mol. The molecule has 7 aromatic rings. The largest absolute Gasteiger partial charge is 0.276 e. The molecule has 0 saturated carbocycles. The Labute approximate surface area is 221 Å². The summed E-state index contributed by atoms with van der Waals surface area (Å²) >= 11 is 0. The Kier molecular flexibility index (Phi) is 5.20. The number of fused-ring (bicyclic) bond motifs is 5. The lowest BCUT2D eigenvalue weighted by atomic mass is 9.87. The van der Waals surface area contributed by atoms with Gasteiger partial charge in [0.25, 0.3) is 0 Å². The van der Waals surface area contributed by atoms with Crippen LogP contribution in [0.1, 0.15) is 0 Å². The van der Waals surface area contributed by atoms with E-state index in [-0.39, 0.29) is 0 Å². The van der Waals surface area contributed by atoms with Crippen LogP contribution in [0.3, 0.4) is 0 Å². The van der Waals surface area contributed by atoms with Crippen LogP contribution in [0.4, 0.5) is 5.69 Å². The maximum Gasteiger partial charge on any atom is 0.212 e. The van der Waals surface area contributed by atoms with Crippen molar-refractivity contribution in [2.45, 2.75) is 0 Å². The molecule has 0 N–H and O–H groups in total. The van der Waals surface area contributed by atoms with Crippen LogP contribution in [0.25, 0.3) is 70.5 Å². The lowest BCUT2D eigenvalue weighted by Crippen LogP contribution is -1.89. The number of aromatic nitrogens is 1. The third kappa shape index (κ3) is 3.53.